The van der Waals surface area contributed by atoms with E-state index in [9.17, 15) is 4.79 Å². The Morgan fingerprint density at radius 3 is 2.50 bits per heavy atom. The smallest absolute Gasteiger partial charge is 0.191 e. The standard InChI is InChI=1S/C18H26O6/c1-14(12-19)16(18(2)22-10-11-23-18)8-9-17(24-20)21-13-15-6-4-3-5-7-15/h3-7,12,14,16-17,20H,8-11,13H2,1-2H3. The quantitative estimate of drug-likeness (QED) is 0.306. The average Bonchev–Trinajstić information content (AvgIpc) is 3.05. The predicted molar refractivity (Wildman–Crippen MR) is 87.0 cm³/mol. The van der Waals surface area contributed by atoms with E-state index in [2.05, 4.69) is 4.89 Å². The summed E-state index contributed by atoms with van der Waals surface area (Å²) in [5.74, 6) is -1.17. The highest BCUT2D eigenvalue weighted by Gasteiger charge is 2.42. The predicted octanol–water partition coefficient (Wildman–Crippen LogP) is 3.01. The number of rotatable bonds is 10. The second-order valence-corrected chi connectivity index (χ2v) is 6.22. The van der Waals surface area contributed by atoms with Crippen LogP contribution in [0, 0.1) is 11.8 Å². The number of carbonyl (C=O) groups excluding carboxylic acids is 1. The van der Waals surface area contributed by atoms with Crippen LogP contribution in [-0.4, -0.2) is 36.8 Å². The van der Waals surface area contributed by atoms with E-state index in [0.717, 1.165) is 11.8 Å². The normalized spacial score (nSPS) is 20.5. The van der Waals surface area contributed by atoms with Gasteiger partial charge in [-0.25, -0.2) is 10.1 Å². The van der Waals surface area contributed by atoms with Gasteiger partial charge in [0.05, 0.1) is 19.8 Å². The number of aldehydes is 1. The molecular formula is C18H26O6. The molecule has 134 valence electrons. The van der Waals surface area contributed by atoms with Gasteiger partial charge < -0.3 is 19.0 Å². The van der Waals surface area contributed by atoms with Crippen LogP contribution in [0.15, 0.2) is 30.3 Å². The van der Waals surface area contributed by atoms with Crippen LogP contribution < -0.4 is 0 Å². The highest BCUT2D eigenvalue weighted by molar-refractivity contribution is 5.53. The van der Waals surface area contributed by atoms with Crippen LogP contribution >= 0.6 is 0 Å². The van der Waals surface area contributed by atoms with E-state index in [4.69, 9.17) is 19.5 Å². The molecule has 0 aliphatic carbocycles. The minimum Gasteiger partial charge on any atom is -0.348 e. The van der Waals surface area contributed by atoms with E-state index in [1.807, 2.05) is 44.2 Å². The van der Waals surface area contributed by atoms with Crippen molar-refractivity contribution in [1.82, 2.24) is 0 Å². The Morgan fingerprint density at radius 2 is 1.92 bits per heavy atom. The second kappa shape index (κ2) is 9.25. The molecule has 0 amide bonds. The zero-order chi connectivity index (χ0) is 17.4. The summed E-state index contributed by atoms with van der Waals surface area (Å²) in [5.41, 5.74) is 0.992. The van der Waals surface area contributed by atoms with Crippen LogP contribution in [0.5, 0.6) is 0 Å². The number of hydrogen-bond donors (Lipinski definition) is 1. The molecule has 24 heavy (non-hydrogen) atoms. The van der Waals surface area contributed by atoms with Crippen molar-refractivity contribution in [2.75, 3.05) is 13.2 Å². The summed E-state index contributed by atoms with van der Waals surface area (Å²) in [6.07, 6.45) is 1.13. The van der Waals surface area contributed by atoms with E-state index < -0.39 is 12.1 Å². The van der Waals surface area contributed by atoms with E-state index in [1.54, 1.807) is 0 Å². The molecule has 1 aliphatic rings. The highest BCUT2D eigenvalue weighted by atomic mass is 17.1. The molecule has 1 N–H and O–H groups in total. The minimum absolute atomic E-state index is 0.143. The Bertz CT molecular complexity index is 486. The molecule has 0 spiro atoms. The third-order valence-corrected chi connectivity index (χ3v) is 4.49. The SMILES string of the molecule is CC(C=O)C(CCC(OO)OCc1ccccc1)C1(C)OCCO1. The summed E-state index contributed by atoms with van der Waals surface area (Å²) in [7, 11) is 0. The number of hydrogen-bond acceptors (Lipinski definition) is 6. The monoisotopic (exact) mass is 338 g/mol. The van der Waals surface area contributed by atoms with E-state index in [1.165, 1.54) is 0 Å². The molecule has 3 unspecified atom stereocenters. The van der Waals surface area contributed by atoms with Crippen molar-refractivity contribution in [2.45, 2.75) is 45.4 Å². The summed E-state index contributed by atoms with van der Waals surface area (Å²) >= 11 is 0. The van der Waals surface area contributed by atoms with Crippen LogP contribution in [0.1, 0.15) is 32.3 Å². The van der Waals surface area contributed by atoms with E-state index >= 15 is 0 Å². The van der Waals surface area contributed by atoms with Crippen molar-refractivity contribution in [2.24, 2.45) is 11.8 Å². The Hall–Kier alpha value is -1.31. The molecule has 1 aromatic rings. The zero-order valence-electron chi connectivity index (χ0n) is 14.2. The molecule has 1 aliphatic heterocycles. The Kier molecular flexibility index (Phi) is 7.33. The molecule has 1 aromatic carbocycles. The molecule has 0 radical (unpaired) electrons. The van der Waals surface area contributed by atoms with Gasteiger partial charge in [0.15, 0.2) is 12.1 Å². The maximum Gasteiger partial charge on any atom is 0.191 e. The topological polar surface area (TPSA) is 74.2 Å². The van der Waals surface area contributed by atoms with Crippen LogP contribution in [0.2, 0.25) is 0 Å². The summed E-state index contributed by atoms with van der Waals surface area (Å²) < 4.78 is 17.0. The molecule has 0 aromatic heterocycles. The van der Waals surface area contributed by atoms with Crippen molar-refractivity contribution >= 4 is 6.29 Å². The maximum absolute atomic E-state index is 11.2. The molecule has 1 heterocycles. The van der Waals surface area contributed by atoms with Gasteiger partial charge in [-0.3, -0.25) is 0 Å². The molecule has 3 atom stereocenters. The lowest BCUT2D eigenvalue weighted by atomic mass is 9.84. The minimum atomic E-state index is -0.792. The first kappa shape index (κ1) is 19.0. The van der Waals surface area contributed by atoms with Crippen LogP contribution in [0.4, 0.5) is 0 Å². The molecular weight excluding hydrogens is 312 g/mol. The number of carbonyl (C=O) groups is 1. The fourth-order valence-electron chi connectivity index (χ4n) is 3.09. The Morgan fingerprint density at radius 1 is 1.25 bits per heavy atom. The first-order valence-corrected chi connectivity index (χ1v) is 8.28. The second-order valence-electron chi connectivity index (χ2n) is 6.22. The van der Waals surface area contributed by atoms with Crippen molar-refractivity contribution < 1.29 is 29.1 Å². The number of benzene rings is 1. The highest BCUT2D eigenvalue weighted by Crippen LogP contribution is 2.36. The van der Waals surface area contributed by atoms with Gasteiger partial charge in [-0.2, -0.15) is 0 Å². The van der Waals surface area contributed by atoms with Gasteiger partial charge in [0, 0.05) is 18.3 Å². The summed E-state index contributed by atoms with van der Waals surface area (Å²) in [6, 6.07) is 9.65. The van der Waals surface area contributed by atoms with Crippen molar-refractivity contribution in [3.05, 3.63) is 35.9 Å². The molecule has 1 saturated heterocycles. The molecule has 0 saturated carbocycles. The Labute approximate surface area is 142 Å². The molecule has 6 nitrogen and oxygen atoms in total. The van der Waals surface area contributed by atoms with Gasteiger partial charge in [-0.1, -0.05) is 37.3 Å². The first-order chi connectivity index (χ1) is 11.6. The summed E-state index contributed by atoms with van der Waals surface area (Å²) in [6.45, 7) is 5.06. The van der Waals surface area contributed by atoms with E-state index in [-0.39, 0.29) is 11.8 Å². The van der Waals surface area contributed by atoms with Gasteiger partial charge in [0.2, 0.25) is 0 Å². The van der Waals surface area contributed by atoms with Gasteiger partial charge in [0.25, 0.3) is 0 Å². The third kappa shape index (κ3) is 5.09. The van der Waals surface area contributed by atoms with Gasteiger partial charge in [0.1, 0.15) is 6.29 Å². The van der Waals surface area contributed by atoms with Crippen LogP contribution in [-0.2, 0) is 30.5 Å². The van der Waals surface area contributed by atoms with Gasteiger partial charge >= 0.3 is 0 Å². The van der Waals surface area contributed by atoms with Gasteiger partial charge in [-0.15, -0.1) is 0 Å². The van der Waals surface area contributed by atoms with Crippen molar-refractivity contribution in [1.29, 1.82) is 0 Å². The fraction of sp³-hybridized carbons (Fsp3) is 0.611. The molecule has 6 heteroatoms. The maximum atomic E-state index is 11.2. The lowest BCUT2D eigenvalue weighted by molar-refractivity contribution is -0.351. The lowest BCUT2D eigenvalue weighted by Crippen LogP contribution is -2.40. The summed E-state index contributed by atoms with van der Waals surface area (Å²) in [4.78, 5) is 15.7. The molecule has 2 rings (SSSR count). The largest absolute Gasteiger partial charge is 0.348 e. The zero-order valence-corrected chi connectivity index (χ0v) is 14.2. The third-order valence-electron chi connectivity index (χ3n) is 4.49. The molecule has 0 bridgehead atoms. The lowest BCUT2D eigenvalue weighted by Gasteiger charge is -2.35. The van der Waals surface area contributed by atoms with Crippen molar-refractivity contribution in [3.8, 4) is 0 Å². The Balaban J connectivity index is 1.89. The molecule has 1 fully saturated rings. The number of ether oxygens (including phenoxy) is 3. The van der Waals surface area contributed by atoms with E-state index in [0.29, 0.717) is 32.7 Å². The van der Waals surface area contributed by atoms with Crippen LogP contribution in [0.3, 0.4) is 0 Å². The summed E-state index contributed by atoms with van der Waals surface area (Å²) in [5, 5.41) is 9.09. The van der Waals surface area contributed by atoms with Gasteiger partial charge in [-0.05, 0) is 18.9 Å². The average molecular weight is 338 g/mol. The first-order valence-electron chi connectivity index (χ1n) is 8.28. The van der Waals surface area contributed by atoms with Crippen molar-refractivity contribution in [3.63, 3.8) is 0 Å². The van der Waals surface area contributed by atoms with Crippen LogP contribution in [0.25, 0.3) is 0 Å². The fourth-order valence-corrected chi connectivity index (χ4v) is 3.09.